The van der Waals surface area contributed by atoms with Crippen molar-refractivity contribution in [1.82, 2.24) is 5.32 Å². The molecular formula is C10H21NO6. The van der Waals surface area contributed by atoms with Crippen molar-refractivity contribution >= 4 is 0 Å². The summed E-state index contributed by atoms with van der Waals surface area (Å²) in [5.41, 5.74) is 0. The predicted octanol–water partition coefficient (Wildman–Crippen LogP) is -3.20. The molecule has 1 fully saturated rings. The molecule has 0 aromatic carbocycles. The quantitative estimate of drug-likeness (QED) is 0.251. The number of aliphatic hydroxyl groups is 5. The van der Waals surface area contributed by atoms with Crippen LogP contribution in [0.2, 0.25) is 0 Å². The van der Waals surface area contributed by atoms with Crippen molar-refractivity contribution in [3.63, 3.8) is 0 Å². The van der Waals surface area contributed by atoms with Crippen LogP contribution in [0.25, 0.3) is 0 Å². The van der Waals surface area contributed by atoms with Crippen LogP contribution in [0.15, 0.2) is 0 Å². The number of ether oxygens (including phenoxy) is 1. The van der Waals surface area contributed by atoms with E-state index in [2.05, 4.69) is 5.32 Å². The van der Waals surface area contributed by atoms with Crippen LogP contribution in [0.4, 0.5) is 0 Å². The normalized spacial score (nSPS) is 28.2. The van der Waals surface area contributed by atoms with E-state index >= 15 is 0 Å². The summed E-state index contributed by atoms with van der Waals surface area (Å²) >= 11 is 0. The maximum atomic E-state index is 9.58. The Labute approximate surface area is 99.7 Å². The summed E-state index contributed by atoms with van der Waals surface area (Å²) < 4.78 is 5.04. The maximum absolute atomic E-state index is 9.58. The van der Waals surface area contributed by atoms with Crippen LogP contribution in [0.1, 0.15) is 6.92 Å². The average Bonchev–Trinajstić information content (AvgIpc) is 3.16. The van der Waals surface area contributed by atoms with E-state index in [1.165, 1.54) is 0 Å². The van der Waals surface area contributed by atoms with E-state index in [0.717, 1.165) is 0 Å². The molecule has 1 saturated heterocycles. The monoisotopic (exact) mass is 251 g/mol. The van der Waals surface area contributed by atoms with Crippen molar-refractivity contribution in [2.75, 3.05) is 19.8 Å². The molecule has 1 rings (SSSR count). The first kappa shape index (κ1) is 14.8. The van der Waals surface area contributed by atoms with Crippen molar-refractivity contribution in [3.8, 4) is 0 Å². The van der Waals surface area contributed by atoms with Crippen LogP contribution in [0.5, 0.6) is 0 Å². The van der Waals surface area contributed by atoms with Crippen molar-refractivity contribution in [2.45, 2.75) is 43.5 Å². The lowest BCUT2D eigenvalue weighted by Crippen LogP contribution is -2.50. The molecule has 0 aliphatic carbocycles. The highest BCUT2D eigenvalue weighted by Gasteiger charge is 2.32. The topological polar surface area (TPSA) is 126 Å². The van der Waals surface area contributed by atoms with Gasteiger partial charge in [0.15, 0.2) is 0 Å². The van der Waals surface area contributed by atoms with E-state index in [-0.39, 0.29) is 18.7 Å². The van der Waals surface area contributed by atoms with E-state index < -0.39 is 31.0 Å². The van der Waals surface area contributed by atoms with Gasteiger partial charge in [0.25, 0.3) is 0 Å². The number of nitrogens with one attached hydrogen (secondary N) is 1. The molecule has 102 valence electrons. The van der Waals surface area contributed by atoms with Crippen molar-refractivity contribution in [1.29, 1.82) is 0 Å². The first-order valence-corrected chi connectivity index (χ1v) is 5.65. The summed E-state index contributed by atoms with van der Waals surface area (Å²) in [5.74, 6) is 0. The van der Waals surface area contributed by atoms with E-state index in [4.69, 9.17) is 14.9 Å². The number of rotatable bonds is 8. The number of hydrogen-bond donors (Lipinski definition) is 6. The third kappa shape index (κ3) is 4.47. The second-order valence-corrected chi connectivity index (χ2v) is 4.37. The van der Waals surface area contributed by atoms with Crippen LogP contribution in [0.3, 0.4) is 0 Å². The summed E-state index contributed by atoms with van der Waals surface area (Å²) in [4.78, 5) is 0. The van der Waals surface area contributed by atoms with Crippen molar-refractivity contribution in [3.05, 3.63) is 0 Å². The Bertz CT molecular complexity index is 225. The van der Waals surface area contributed by atoms with Gasteiger partial charge in [-0.15, -0.1) is 0 Å². The molecule has 0 bridgehead atoms. The third-order valence-corrected chi connectivity index (χ3v) is 2.89. The molecule has 0 aromatic heterocycles. The van der Waals surface area contributed by atoms with Gasteiger partial charge in [-0.25, -0.2) is 0 Å². The lowest BCUT2D eigenvalue weighted by Gasteiger charge is -2.26. The van der Waals surface area contributed by atoms with Gasteiger partial charge in [0.1, 0.15) is 18.3 Å². The molecule has 0 amide bonds. The molecule has 1 heterocycles. The fourth-order valence-electron chi connectivity index (χ4n) is 1.47. The Balaban J connectivity index is 2.27. The van der Waals surface area contributed by atoms with Crippen LogP contribution in [0, 0.1) is 0 Å². The van der Waals surface area contributed by atoms with Gasteiger partial charge in [-0.05, 0) is 6.92 Å². The molecule has 0 aromatic rings. The highest BCUT2D eigenvalue weighted by Crippen LogP contribution is 2.13. The largest absolute Gasteiger partial charge is 0.394 e. The standard InChI is InChI=1S/C10H21NO6/c1-5(8-4-17-8)11-2-6(13)9(15)10(16)7(14)3-12/h5-16H,2-4H2,1H3/t5?,6-,7+,8?,9+,10+/m0/s1. The van der Waals surface area contributed by atoms with Crippen molar-refractivity contribution in [2.24, 2.45) is 0 Å². The molecule has 6 atom stereocenters. The molecule has 17 heavy (non-hydrogen) atoms. The zero-order valence-corrected chi connectivity index (χ0v) is 9.73. The van der Waals surface area contributed by atoms with Gasteiger partial charge < -0.3 is 35.6 Å². The first-order valence-electron chi connectivity index (χ1n) is 5.65. The Morgan fingerprint density at radius 3 is 2.18 bits per heavy atom. The molecule has 0 saturated carbocycles. The molecule has 7 nitrogen and oxygen atoms in total. The Kier molecular flexibility index (Phi) is 5.74. The summed E-state index contributed by atoms with van der Waals surface area (Å²) in [6.07, 6.45) is -5.66. The molecular weight excluding hydrogens is 230 g/mol. The Morgan fingerprint density at radius 2 is 1.71 bits per heavy atom. The van der Waals surface area contributed by atoms with E-state index in [1.807, 2.05) is 6.92 Å². The third-order valence-electron chi connectivity index (χ3n) is 2.89. The fraction of sp³-hybridized carbons (Fsp3) is 1.00. The van der Waals surface area contributed by atoms with Gasteiger partial charge in [0.2, 0.25) is 0 Å². The summed E-state index contributed by atoms with van der Waals surface area (Å²) in [6, 6.07) is 0.0526. The van der Waals surface area contributed by atoms with E-state index in [0.29, 0.717) is 6.61 Å². The van der Waals surface area contributed by atoms with Gasteiger partial charge in [0, 0.05) is 12.6 Å². The van der Waals surface area contributed by atoms with E-state index in [9.17, 15) is 15.3 Å². The van der Waals surface area contributed by atoms with Gasteiger partial charge in [-0.3, -0.25) is 0 Å². The second-order valence-electron chi connectivity index (χ2n) is 4.37. The minimum atomic E-state index is -1.58. The molecule has 1 aliphatic rings. The lowest BCUT2D eigenvalue weighted by atomic mass is 10.0. The van der Waals surface area contributed by atoms with Crippen LogP contribution < -0.4 is 5.32 Å². The Morgan fingerprint density at radius 1 is 1.18 bits per heavy atom. The molecule has 1 aliphatic heterocycles. The molecule has 0 spiro atoms. The maximum Gasteiger partial charge on any atom is 0.111 e. The van der Waals surface area contributed by atoms with Crippen molar-refractivity contribution < 1.29 is 30.3 Å². The predicted molar refractivity (Wildman–Crippen MR) is 58.3 cm³/mol. The summed E-state index contributed by atoms with van der Waals surface area (Å²) in [6.45, 7) is 1.95. The van der Waals surface area contributed by atoms with Gasteiger partial charge in [-0.1, -0.05) is 0 Å². The average molecular weight is 251 g/mol. The number of epoxide rings is 1. The van der Waals surface area contributed by atoms with Gasteiger partial charge in [0.05, 0.1) is 25.4 Å². The molecule has 2 unspecified atom stereocenters. The van der Waals surface area contributed by atoms with Gasteiger partial charge in [-0.2, -0.15) is 0 Å². The lowest BCUT2D eigenvalue weighted by molar-refractivity contribution is -0.114. The summed E-state index contributed by atoms with van der Waals surface area (Å²) in [5, 5.41) is 49.1. The first-order chi connectivity index (χ1) is 7.97. The van der Waals surface area contributed by atoms with Crippen LogP contribution >= 0.6 is 0 Å². The second kappa shape index (κ2) is 6.60. The SMILES string of the molecule is CC(NC[C@H](O)[C@@H](O)[C@H](O)[C@H](O)CO)C1CO1. The minimum absolute atomic E-state index is 0.0526. The molecule has 0 radical (unpaired) electrons. The van der Waals surface area contributed by atoms with Crippen LogP contribution in [-0.4, -0.2) is 81.9 Å². The Hall–Kier alpha value is -0.280. The molecule has 7 heteroatoms. The summed E-state index contributed by atoms with van der Waals surface area (Å²) in [7, 11) is 0. The zero-order valence-electron chi connectivity index (χ0n) is 9.73. The van der Waals surface area contributed by atoms with Gasteiger partial charge >= 0.3 is 0 Å². The minimum Gasteiger partial charge on any atom is -0.394 e. The smallest absolute Gasteiger partial charge is 0.111 e. The van der Waals surface area contributed by atoms with Crippen LogP contribution in [-0.2, 0) is 4.74 Å². The number of aliphatic hydroxyl groups excluding tert-OH is 5. The van der Waals surface area contributed by atoms with E-state index in [1.54, 1.807) is 0 Å². The highest BCUT2D eigenvalue weighted by atomic mass is 16.6. The fourth-order valence-corrected chi connectivity index (χ4v) is 1.47. The number of hydrogen-bond acceptors (Lipinski definition) is 7. The molecule has 6 N–H and O–H groups in total. The zero-order chi connectivity index (χ0) is 13.0. The highest BCUT2D eigenvalue weighted by molar-refractivity contribution is 4.85.